The summed E-state index contributed by atoms with van der Waals surface area (Å²) in [6.07, 6.45) is 6.43. The zero-order chi connectivity index (χ0) is 10.0. The van der Waals surface area contributed by atoms with Crippen molar-refractivity contribution in [2.75, 3.05) is 6.54 Å². The molecule has 2 aliphatic rings. The molecule has 3 nitrogen and oxygen atoms in total. The predicted molar refractivity (Wildman–Crippen MR) is 54.0 cm³/mol. The number of esters is 1. The predicted octanol–water partition coefficient (Wildman–Crippen LogP) is 1.61. The van der Waals surface area contributed by atoms with E-state index in [0.29, 0.717) is 0 Å². The van der Waals surface area contributed by atoms with Crippen LogP contribution in [0.4, 0.5) is 0 Å². The number of rotatable bonds is 3. The van der Waals surface area contributed by atoms with Gasteiger partial charge in [-0.2, -0.15) is 0 Å². The van der Waals surface area contributed by atoms with Gasteiger partial charge in [0.15, 0.2) is 0 Å². The Kier molecular flexibility index (Phi) is 2.77. The lowest BCUT2D eigenvalue weighted by atomic mass is 9.92. The normalized spacial score (nSPS) is 32.6. The number of nitrogens with one attached hydrogen (secondary N) is 1. The SMILES string of the molecule is CCC1(C(=O)OC2CCC2)CCCN1. The zero-order valence-corrected chi connectivity index (χ0v) is 8.84. The van der Waals surface area contributed by atoms with Crippen molar-refractivity contribution < 1.29 is 9.53 Å². The molecule has 0 amide bonds. The maximum atomic E-state index is 11.9. The van der Waals surface area contributed by atoms with Crippen molar-refractivity contribution in [3.05, 3.63) is 0 Å². The Morgan fingerprint density at radius 2 is 2.29 bits per heavy atom. The highest BCUT2D eigenvalue weighted by Gasteiger charge is 2.42. The fourth-order valence-corrected chi connectivity index (χ4v) is 2.18. The largest absolute Gasteiger partial charge is 0.461 e. The van der Waals surface area contributed by atoms with E-state index in [2.05, 4.69) is 12.2 Å². The summed E-state index contributed by atoms with van der Waals surface area (Å²) in [6.45, 7) is 3.01. The highest BCUT2D eigenvalue weighted by molar-refractivity contribution is 5.81. The van der Waals surface area contributed by atoms with E-state index in [9.17, 15) is 4.79 Å². The van der Waals surface area contributed by atoms with E-state index in [0.717, 1.165) is 38.6 Å². The fraction of sp³-hybridized carbons (Fsp3) is 0.909. The van der Waals surface area contributed by atoms with E-state index in [1.54, 1.807) is 0 Å². The average Bonchev–Trinajstić information content (AvgIpc) is 2.60. The monoisotopic (exact) mass is 197 g/mol. The molecule has 0 aromatic carbocycles. The molecular formula is C11H19NO2. The van der Waals surface area contributed by atoms with Gasteiger partial charge in [0.05, 0.1) is 0 Å². The van der Waals surface area contributed by atoms with Gasteiger partial charge in [-0.25, -0.2) is 0 Å². The second-order valence-electron chi connectivity index (χ2n) is 4.42. The summed E-state index contributed by atoms with van der Waals surface area (Å²) in [5.74, 6) is -0.0119. The third kappa shape index (κ3) is 1.65. The molecule has 1 aliphatic heterocycles. The van der Waals surface area contributed by atoms with Crippen molar-refractivity contribution in [1.29, 1.82) is 0 Å². The Bertz CT molecular complexity index is 217. The summed E-state index contributed by atoms with van der Waals surface area (Å²) in [4.78, 5) is 11.9. The fourth-order valence-electron chi connectivity index (χ4n) is 2.18. The molecule has 0 bridgehead atoms. The van der Waals surface area contributed by atoms with Gasteiger partial charge in [0.1, 0.15) is 11.6 Å². The first-order valence-corrected chi connectivity index (χ1v) is 5.73. The third-order valence-electron chi connectivity index (χ3n) is 3.56. The first-order chi connectivity index (χ1) is 6.77. The van der Waals surface area contributed by atoms with Gasteiger partial charge in [0.25, 0.3) is 0 Å². The second-order valence-corrected chi connectivity index (χ2v) is 4.42. The number of carbonyl (C=O) groups excluding carboxylic acids is 1. The zero-order valence-electron chi connectivity index (χ0n) is 8.84. The molecule has 1 atom stereocenters. The molecular weight excluding hydrogens is 178 g/mol. The Morgan fingerprint density at radius 1 is 1.50 bits per heavy atom. The van der Waals surface area contributed by atoms with Crippen LogP contribution in [0.15, 0.2) is 0 Å². The Hall–Kier alpha value is -0.570. The van der Waals surface area contributed by atoms with Crippen LogP contribution in [-0.4, -0.2) is 24.2 Å². The lowest BCUT2D eigenvalue weighted by Gasteiger charge is -2.32. The summed E-state index contributed by atoms with van der Waals surface area (Å²) in [7, 11) is 0. The van der Waals surface area contributed by atoms with E-state index in [1.165, 1.54) is 6.42 Å². The molecule has 1 aliphatic carbocycles. The highest BCUT2D eigenvalue weighted by Crippen LogP contribution is 2.28. The van der Waals surface area contributed by atoms with Crippen molar-refractivity contribution in [2.45, 2.75) is 57.1 Å². The van der Waals surface area contributed by atoms with Gasteiger partial charge in [0, 0.05) is 0 Å². The van der Waals surface area contributed by atoms with E-state index in [1.807, 2.05) is 0 Å². The van der Waals surface area contributed by atoms with Crippen molar-refractivity contribution in [3.8, 4) is 0 Å². The van der Waals surface area contributed by atoms with Gasteiger partial charge in [-0.1, -0.05) is 6.92 Å². The smallest absolute Gasteiger partial charge is 0.326 e. The molecule has 0 spiro atoms. The molecule has 14 heavy (non-hydrogen) atoms. The average molecular weight is 197 g/mol. The van der Waals surface area contributed by atoms with Gasteiger partial charge in [0.2, 0.25) is 0 Å². The maximum absolute atomic E-state index is 11.9. The molecule has 1 unspecified atom stereocenters. The third-order valence-corrected chi connectivity index (χ3v) is 3.56. The van der Waals surface area contributed by atoms with E-state index in [4.69, 9.17) is 4.74 Å². The number of carbonyl (C=O) groups is 1. The molecule has 0 radical (unpaired) electrons. The molecule has 2 fully saturated rings. The Morgan fingerprint density at radius 3 is 2.71 bits per heavy atom. The molecule has 1 saturated carbocycles. The molecule has 0 aromatic heterocycles. The molecule has 80 valence electrons. The molecule has 1 saturated heterocycles. The first kappa shape index (κ1) is 9.97. The summed E-state index contributed by atoms with van der Waals surface area (Å²) < 4.78 is 5.46. The standard InChI is InChI=1S/C11H19NO2/c1-2-11(7-4-8-12-11)10(13)14-9-5-3-6-9/h9,12H,2-8H2,1H3. The molecule has 1 heterocycles. The van der Waals surface area contributed by atoms with Crippen LogP contribution in [0.5, 0.6) is 0 Å². The van der Waals surface area contributed by atoms with Crippen molar-refractivity contribution in [1.82, 2.24) is 5.32 Å². The Labute approximate surface area is 85.2 Å². The summed E-state index contributed by atoms with van der Waals surface area (Å²) in [5, 5.41) is 3.30. The van der Waals surface area contributed by atoms with Gasteiger partial charge >= 0.3 is 5.97 Å². The minimum atomic E-state index is -0.352. The summed E-state index contributed by atoms with van der Waals surface area (Å²) >= 11 is 0. The van der Waals surface area contributed by atoms with Gasteiger partial charge in [-0.3, -0.25) is 4.79 Å². The van der Waals surface area contributed by atoms with Crippen LogP contribution in [-0.2, 0) is 9.53 Å². The summed E-state index contributed by atoms with van der Waals surface area (Å²) in [5.41, 5.74) is -0.352. The summed E-state index contributed by atoms with van der Waals surface area (Å²) in [6, 6.07) is 0. The lowest BCUT2D eigenvalue weighted by molar-refractivity contribution is -0.160. The second kappa shape index (κ2) is 3.89. The van der Waals surface area contributed by atoms with Crippen LogP contribution < -0.4 is 5.32 Å². The van der Waals surface area contributed by atoms with Gasteiger partial charge in [-0.15, -0.1) is 0 Å². The van der Waals surface area contributed by atoms with Crippen molar-refractivity contribution in [2.24, 2.45) is 0 Å². The lowest BCUT2D eigenvalue weighted by Crippen LogP contribution is -2.49. The van der Waals surface area contributed by atoms with Crippen LogP contribution in [0.25, 0.3) is 0 Å². The number of hydrogen-bond acceptors (Lipinski definition) is 3. The topological polar surface area (TPSA) is 38.3 Å². The van der Waals surface area contributed by atoms with Crippen LogP contribution in [0.1, 0.15) is 45.4 Å². The van der Waals surface area contributed by atoms with E-state index < -0.39 is 0 Å². The quantitative estimate of drug-likeness (QED) is 0.699. The van der Waals surface area contributed by atoms with Crippen LogP contribution in [0.3, 0.4) is 0 Å². The minimum Gasteiger partial charge on any atom is -0.461 e. The molecule has 1 N–H and O–H groups in total. The van der Waals surface area contributed by atoms with Crippen molar-refractivity contribution in [3.63, 3.8) is 0 Å². The maximum Gasteiger partial charge on any atom is 0.326 e. The first-order valence-electron chi connectivity index (χ1n) is 5.73. The van der Waals surface area contributed by atoms with Crippen LogP contribution in [0.2, 0.25) is 0 Å². The number of ether oxygens (including phenoxy) is 1. The van der Waals surface area contributed by atoms with Crippen LogP contribution >= 0.6 is 0 Å². The van der Waals surface area contributed by atoms with Gasteiger partial charge < -0.3 is 10.1 Å². The minimum absolute atomic E-state index is 0.0119. The molecule has 3 heteroatoms. The van der Waals surface area contributed by atoms with E-state index >= 15 is 0 Å². The highest BCUT2D eigenvalue weighted by atomic mass is 16.5. The molecule has 2 rings (SSSR count). The van der Waals surface area contributed by atoms with Crippen LogP contribution in [0, 0.1) is 0 Å². The Balaban J connectivity index is 1.92. The number of hydrogen-bond donors (Lipinski definition) is 1. The van der Waals surface area contributed by atoms with Gasteiger partial charge in [-0.05, 0) is 45.1 Å². The van der Waals surface area contributed by atoms with Crippen molar-refractivity contribution >= 4 is 5.97 Å². The molecule has 0 aromatic rings. The van der Waals surface area contributed by atoms with E-state index in [-0.39, 0.29) is 17.6 Å².